The van der Waals surface area contributed by atoms with E-state index in [0.29, 0.717) is 13.0 Å². The van der Waals surface area contributed by atoms with E-state index < -0.39 is 23.9 Å². The Morgan fingerprint density at radius 2 is 2.00 bits per heavy atom. The molecule has 1 saturated heterocycles. The number of carboxylic acids is 1. The van der Waals surface area contributed by atoms with Crippen LogP contribution in [0, 0.1) is 23.7 Å². The number of carbonyl (C=O) groups is 3. The van der Waals surface area contributed by atoms with Gasteiger partial charge in [-0.3, -0.25) is 9.59 Å². The van der Waals surface area contributed by atoms with Gasteiger partial charge >= 0.3 is 5.97 Å². The molecule has 2 aliphatic carbocycles. The van der Waals surface area contributed by atoms with Crippen molar-refractivity contribution in [3.63, 3.8) is 0 Å². The lowest BCUT2D eigenvalue weighted by Gasteiger charge is -2.43. The Bertz CT molecular complexity index is 674. The second kappa shape index (κ2) is 6.98. The van der Waals surface area contributed by atoms with Gasteiger partial charge < -0.3 is 20.4 Å². The molecule has 3 N–H and O–H groups in total. The summed E-state index contributed by atoms with van der Waals surface area (Å²) in [6.45, 7) is 4.17. The van der Waals surface area contributed by atoms with E-state index in [1.54, 1.807) is 25.9 Å². The Hall–Kier alpha value is -1.38. The van der Waals surface area contributed by atoms with E-state index in [0.717, 1.165) is 4.91 Å². The lowest BCUT2D eigenvalue weighted by Crippen LogP contribution is -2.53. The molecular formula is C18H26N2O5S. The van der Waals surface area contributed by atoms with Crippen molar-refractivity contribution in [3.8, 4) is 0 Å². The molecule has 1 unspecified atom stereocenters. The van der Waals surface area contributed by atoms with Crippen LogP contribution in [0.25, 0.3) is 0 Å². The summed E-state index contributed by atoms with van der Waals surface area (Å²) in [6, 6.07) is -0.253. The number of ketones is 1. The Balaban J connectivity index is 1.78. The first-order valence-corrected chi connectivity index (χ1v) is 9.83. The SMILES string of the molecule is C[C@@H](O)[C@H]1C(=O)C2C(C(=O)O)=C(S[C@@H]3CN[C@H](C(=O)N(C)C)C3)[C@H](C)[C@@H]21. The Kier molecular flexibility index (Phi) is 5.20. The first-order valence-electron chi connectivity index (χ1n) is 8.95. The van der Waals surface area contributed by atoms with Crippen LogP contribution in [-0.2, 0) is 14.4 Å². The number of aliphatic carboxylic acids is 1. The van der Waals surface area contributed by atoms with Gasteiger partial charge in [0.15, 0.2) is 0 Å². The number of carboxylic acid groups (broad SMARTS) is 1. The van der Waals surface area contributed by atoms with Crippen molar-refractivity contribution in [1.29, 1.82) is 0 Å². The highest BCUT2D eigenvalue weighted by molar-refractivity contribution is 8.03. The lowest BCUT2D eigenvalue weighted by atomic mass is 9.59. The minimum absolute atomic E-state index is 0.0180. The number of aliphatic hydroxyl groups is 1. The normalized spacial score (nSPS) is 37.3. The maximum atomic E-state index is 12.4. The van der Waals surface area contributed by atoms with Crippen molar-refractivity contribution >= 4 is 29.4 Å². The number of carbonyl (C=O) groups excluding carboxylic acids is 2. The number of Topliss-reactive ketones (excluding diaryl/α,β-unsaturated/α-hetero) is 1. The number of nitrogens with one attached hydrogen (secondary N) is 1. The van der Waals surface area contributed by atoms with E-state index >= 15 is 0 Å². The van der Waals surface area contributed by atoms with Gasteiger partial charge in [-0.2, -0.15) is 0 Å². The summed E-state index contributed by atoms with van der Waals surface area (Å²) in [4.78, 5) is 38.7. The maximum absolute atomic E-state index is 12.4. The van der Waals surface area contributed by atoms with E-state index in [9.17, 15) is 24.6 Å². The highest BCUT2D eigenvalue weighted by Crippen LogP contribution is 2.58. The number of hydrogen-bond donors (Lipinski definition) is 3. The summed E-state index contributed by atoms with van der Waals surface area (Å²) < 4.78 is 0. The van der Waals surface area contributed by atoms with Crippen LogP contribution >= 0.6 is 11.8 Å². The van der Waals surface area contributed by atoms with Crippen LogP contribution in [0.5, 0.6) is 0 Å². The number of aliphatic hydroxyl groups excluding tert-OH is 1. The Morgan fingerprint density at radius 1 is 1.35 bits per heavy atom. The molecule has 3 rings (SSSR count). The molecule has 2 fully saturated rings. The third kappa shape index (κ3) is 2.97. The zero-order valence-corrected chi connectivity index (χ0v) is 16.2. The summed E-state index contributed by atoms with van der Waals surface area (Å²) in [5.41, 5.74) is 0.205. The predicted molar refractivity (Wildman–Crippen MR) is 97.5 cm³/mol. The van der Waals surface area contributed by atoms with E-state index in [4.69, 9.17) is 0 Å². The molecule has 144 valence electrons. The number of fused-ring (bicyclic) bond motifs is 1. The summed E-state index contributed by atoms with van der Waals surface area (Å²) in [6.07, 6.45) is -0.130. The highest BCUT2D eigenvalue weighted by Gasteiger charge is 2.61. The number of thioether (sulfide) groups is 1. The number of allylic oxidation sites excluding steroid dienone is 1. The maximum Gasteiger partial charge on any atom is 0.333 e. The summed E-state index contributed by atoms with van der Waals surface area (Å²) >= 11 is 1.49. The van der Waals surface area contributed by atoms with E-state index in [2.05, 4.69) is 5.32 Å². The number of likely N-dealkylation sites (N-methyl/N-ethyl adjacent to an activating group) is 1. The molecule has 7 atom stereocenters. The second-order valence-electron chi connectivity index (χ2n) is 7.76. The van der Waals surface area contributed by atoms with E-state index in [1.165, 1.54) is 11.8 Å². The molecule has 0 spiro atoms. The molecule has 0 aromatic heterocycles. The van der Waals surface area contributed by atoms with Crippen molar-refractivity contribution in [1.82, 2.24) is 10.2 Å². The fourth-order valence-corrected chi connectivity index (χ4v) is 6.16. The smallest absolute Gasteiger partial charge is 0.333 e. The molecule has 1 saturated carbocycles. The molecule has 7 nitrogen and oxygen atoms in total. The quantitative estimate of drug-likeness (QED) is 0.629. The van der Waals surface area contributed by atoms with Gasteiger partial charge in [0, 0.05) is 31.8 Å². The van der Waals surface area contributed by atoms with Crippen LogP contribution in [-0.4, -0.2) is 70.8 Å². The van der Waals surface area contributed by atoms with Crippen LogP contribution in [0.2, 0.25) is 0 Å². The molecule has 0 aromatic rings. The number of amides is 1. The van der Waals surface area contributed by atoms with Gasteiger partial charge in [0.1, 0.15) is 5.78 Å². The zero-order valence-electron chi connectivity index (χ0n) is 15.4. The van der Waals surface area contributed by atoms with Crippen LogP contribution in [0.4, 0.5) is 0 Å². The van der Waals surface area contributed by atoms with Crippen LogP contribution in [0.3, 0.4) is 0 Å². The van der Waals surface area contributed by atoms with Gasteiger partial charge in [-0.1, -0.05) is 6.92 Å². The van der Waals surface area contributed by atoms with Crippen LogP contribution in [0.15, 0.2) is 10.5 Å². The molecule has 0 bridgehead atoms. The molecule has 26 heavy (non-hydrogen) atoms. The molecule has 0 aromatic carbocycles. The average molecular weight is 382 g/mol. The fraction of sp³-hybridized carbons (Fsp3) is 0.722. The van der Waals surface area contributed by atoms with E-state index in [-0.39, 0.29) is 40.4 Å². The standard InChI is InChI=1S/C18H26N2O5S/c1-7-11-12(8(2)21)15(22)13(11)14(18(24)25)16(7)26-9-5-10(19-6-9)17(23)20(3)4/h7-13,19,21H,5-6H2,1-4H3,(H,24,25)/t7-,8-,9+,10+,11-,12-,13?/m1/s1. The monoisotopic (exact) mass is 382 g/mol. The van der Waals surface area contributed by atoms with Crippen molar-refractivity contribution in [2.24, 2.45) is 23.7 Å². The van der Waals surface area contributed by atoms with Gasteiger partial charge in [0.2, 0.25) is 5.91 Å². The molecule has 1 amide bonds. The van der Waals surface area contributed by atoms with Gasteiger partial charge in [-0.25, -0.2) is 4.79 Å². The minimum Gasteiger partial charge on any atom is -0.478 e. The summed E-state index contributed by atoms with van der Waals surface area (Å²) in [5.74, 6) is -2.47. The van der Waals surface area contributed by atoms with Crippen molar-refractivity contribution < 1.29 is 24.6 Å². The largest absolute Gasteiger partial charge is 0.478 e. The first-order chi connectivity index (χ1) is 12.1. The molecule has 8 heteroatoms. The molecule has 0 radical (unpaired) electrons. The number of hydrogen-bond acceptors (Lipinski definition) is 6. The average Bonchev–Trinajstić information content (AvgIpc) is 3.09. The first kappa shape index (κ1) is 19.4. The zero-order chi connectivity index (χ0) is 19.3. The van der Waals surface area contributed by atoms with Gasteiger partial charge in [-0.05, 0) is 30.1 Å². The number of nitrogens with zero attached hydrogens (tertiary/aromatic N) is 1. The Labute approximate surface area is 157 Å². The third-order valence-electron chi connectivity index (χ3n) is 5.88. The van der Waals surface area contributed by atoms with E-state index in [1.807, 2.05) is 6.92 Å². The fourth-order valence-electron chi connectivity index (χ4n) is 4.62. The topological polar surface area (TPSA) is 107 Å². The number of rotatable bonds is 5. The summed E-state index contributed by atoms with van der Waals surface area (Å²) in [7, 11) is 3.43. The van der Waals surface area contributed by atoms with Crippen LogP contribution < -0.4 is 5.32 Å². The van der Waals surface area contributed by atoms with Crippen molar-refractivity contribution in [3.05, 3.63) is 10.5 Å². The van der Waals surface area contributed by atoms with Gasteiger partial charge in [0.25, 0.3) is 0 Å². The highest BCUT2D eigenvalue weighted by atomic mass is 32.2. The second-order valence-corrected chi connectivity index (χ2v) is 9.11. The Morgan fingerprint density at radius 3 is 2.54 bits per heavy atom. The molecule has 1 aliphatic heterocycles. The molecule has 3 aliphatic rings. The predicted octanol–water partition coefficient (Wildman–Crippen LogP) is 0.339. The lowest BCUT2D eigenvalue weighted by molar-refractivity contribution is -0.151. The van der Waals surface area contributed by atoms with Crippen molar-refractivity contribution in [2.75, 3.05) is 20.6 Å². The van der Waals surface area contributed by atoms with Gasteiger partial charge in [0.05, 0.1) is 23.6 Å². The summed E-state index contributed by atoms with van der Waals surface area (Å²) in [5, 5.41) is 22.9. The minimum atomic E-state index is -1.05. The van der Waals surface area contributed by atoms with Gasteiger partial charge in [-0.15, -0.1) is 11.8 Å². The van der Waals surface area contributed by atoms with Crippen molar-refractivity contribution in [2.45, 2.75) is 37.7 Å². The molecule has 1 heterocycles. The third-order valence-corrected chi connectivity index (χ3v) is 7.41. The van der Waals surface area contributed by atoms with Crippen LogP contribution in [0.1, 0.15) is 20.3 Å². The molecular weight excluding hydrogens is 356 g/mol.